The number of aromatic nitrogens is 1. The maximum absolute atomic E-state index is 12.1. The van der Waals surface area contributed by atoms with Crippen LogP contribution in [0.25, 0.3) is 10.9 Å². The Balaban J connectivity index is 1.90. The monoisotopic (exact) mass is 291 g/mol. The van der Waals surface area contributed by atoms with Crippen LogP contribution in [0.15, 0.2) is 54.6 Å². The van der Waals surface area contributed by atoms with E-state index in [0.29, 0.717) is 0 Å². The molecule has 112 valence electrons. The highest BCUT2D eigenvalue weighted by Gasteiger charge is 2.19. The second kappa shape index (κ2) is 6.18. The summed E-state index contributed by atoms with van der Waals surface area (Å²) < 4.78 is 0. The van der Waals surface area contributed by atoms with Gasteiger partial charge in [-0.2, -0.15) is 0 Å². The SMILES string of the molecule is CC(=O)[C@H](Cc1ccccc1)Cc1c(C)[nH]c2ccccc12. The van der Waals surface area contributed by atoms with E-state index < -0.39 is 0 Å². The molecular formula is C20H21NO. The molecule has 0 amide bonds. The second-order valence-corrected chi connectivity index (χ2v) is 5.98. The Morgan fingerprint density at radius 2 is 1.68 bits per heavy atom. The van der Waals surface area contributed by atoms with Crippen LogP contribution in [0.4, 0.5) is 0 Å². The summed E-state index contributed by atoms with van der Waals surface area (Å²) in [6.07, 6.45) is 1.59. The van der Waals surface area contributed by atoms with Gasteiger partial charge in [-0.25, -0.2) is 0 Å². The zero-order chi connectivity index (χ0) is 15.5. The molecular weight excluding hydrogens is 270 g/mol. The Morgan fingerprint density at radius 3 is 2.41 bits per heavy atom. The Kier molecular flexibility index (Phi) is 4.10. The largest absolute Gasteiger partial charge is 0.358 e. The van der Waals surface area contributed by atoms with Gasteiger partial charge < -0.3 is 4.98 Å². The molecule has 1 atom stereocenters. The molecule has 0 saturated carbocycles. The summed E-state index contributed by atoms with van der Waals surface area (Å²) in [4.78, 5) is 15.5. The minimum Gasteiger partial charge on any atom is -0.358 e. The zero-order valence-electron chi connectivity index (χ0n) is 13.1. The topological polar surface area (TPSA) is 32.9 Å². The average Bonchev–Trinajstić information content (AvgIpc) is 2.83. The molecule has 1 N–H and O–H groups in total. The fourth-order valence-electron chi connectivity index (χ4n) is 3.10. The lowest BCUT2D eigenvalue weighted by molar-refractivity contribution is -0.120. The summed E-state index contributed by atoms with van der Waals surface area (Å²) in [5.74, 6) is 0.286. The number of hydrogen-bond donors (Lipinski definition) is 1. The van der Waals surface area contributed by atoms with Crippen LogP contribution in [-0.2, 0) is 17.6 Å². The van der Waals surface area contributed by atoms with Gasteiger partial charge >= 0.3 is 0 Å². The first-order valence-corrected chi connectivity index (χ1v) is 7.75. The fraction of sp³-hybridized carbons (Fsp3) is 0.250. The molecule has 0 spiro atoms. The van der Waals surface area contributed by atoms with Crippen molar-refractivity contribution in [2.24, 2.45) is 5.92 Å². The van der Waals surface area contributed by atoms with Crippen LogP contribution >= 0.6 is 0 Å². The third-order valence-corrected chi connectivity index (χ3v) is 4.38. The lowest BCUT2D eigenvalue weighted by atomic mass is 9.89. The van der Waals surface area contributed by atoms with Crippen LogP contribution in [-0.4, -0.2) is 10.8 Å². The number of fused-ring (bicyclic) bond motifs is 1. The summed E-state index contributed by atoms with van der Waals surface area (Å²) in [7, 11) is 0. The first-order chi connectivity index (χ1) is 10.6. The quantitative estimate of drug-likeness (QED) is 0.739. The van der Waals surface area contributed by atoms with Gasteiger partial charge in [0.1, 0.15) is 5.78 Å². The van der Waals surface area contributed by atoms with E-state index in [0.717, 1.165) is 18.4 Å². The van der Waals surface area contributed by atoms with E-state index in [2.05, 4.69) is 42.2 Å². The van der Waals surface area contributed by atoms with Crippen molar-refractivity contribution in [3.63, 3.8) is 0 Å². The van der Waals surface area contributed by atoms with Gasteiger partial charge in [-0.15, -0.1) is 0 Å². The number of nitrogens with one attached hydrogen (secondary N) is 1. The number of hydrogen-bond acceptors (Lipinski definition) is 1. The molecule has 1 aromatic heterocycles. The summed E-state index contributed by atoms with van der Waals surface area (Å²) in [5.41, 5.74) is 4.81. The van der Waals surface area contributed by atoms with Crippen molar-refractivity contribution in [3.8, 4) is 0 Å². The van der Waals surface area contributed by atoms with Crippen molar-refractivity contribution in [1.82, 2.24) is 4.98 Å². The number of Topliss-reactive ketones (excluding diaryl/α,β-unsaturated/α-hetero) is 1. The van der Waals surface area contributed by atoms with Crippen LogP contribution < -0.4 is 0 Å². The first-order valence-electron chi connectivity index (χ1n) is 7.75. The van der Waals surface area contributed by atoms with Crippen LogP contribution in [0.2, 0.25) is 0 Å². The standard InChI is InChI=1S/C20H21NO/c1-14-19(18-10-6-7-11-20(18)21-14)13-17(15(2)22)12-16-8-4-3-5-9-16/h3-11,17,21H,12-13H2,1-2H3/t17-/m1/s1. The van der Waals surface area contributed by atoms with Crippen molar-refractivity contribution in [3.05, 3.63) is 71.4 Å². The molecule has 3 rings (SSSR count). The fourth-order valence-corrected chi connectivity index (χ4v) is 3.10. The molecule has 0 fully saturated rings. The Labute approximate surface area is 131 Å². The Bertz CT molecular complexity index is 786. The number of aromatic amines is 1. The lowest BCUT2D eigenvalue weighted by Gasteiger charge is -2.14. The lowest BCUT2D eigenvalue weighted by Crippen LogP contribution is -2.17. The van der Waals surface area contributed by atoms with Gasteiger partial charge in [0, 0.05) is 22.5 Å². The normalized spacial score (nSPS) is 12.5. The van der Waals surface area contributed by atoms with Crippen LogP contribution in [0, 0.1) is 12.8 Å². The van der Waals surface area contributed by atoms with E-state index in [1.807, 2.05) is 24.3 Å². The predicted molar refractivity (Wildman–Crippen MR) is 91.1 cm³/mol. The molecule has 0 aliphatic rings. The Hall–Kier alpha value is -2.35. The van der Waals surface area contributed by atoms with Crippen molar-refractivity contribution in [1.29, 1.82) is 0 Å². The van der Waals surface area contributed by atoms with Crippen LogP contribution in [0.5, 0.6) is 0 Å². The number of rotatable bonds is 5. The summed E-state index contributed by atoms with van der Waals surface area (Å²) >= 11 is 0. The molecule has 2 aromatic carbocycles. The van der Waals surface area contributed by atoms with Gasteiger partial charge in [-0.3, -0.25) is 4.79 Å². The van der Waals surface area contributed by atoms with Gasteiger partial charge in [-0.1, -0.05) is 48.5 Å². The summed E-state index contributed by atoms with van der Waals surface area (Å²) in [5, 5.41) is 1.24. The molecule has 0 bridgehead atoms. The molecule has 0 aliphatic carbocycles. The summed E-state index contributed by atoms with van der Waals surface area (Å²) in [6, 6.07) is 18.6. The van der Waals surface area contributed by atoms with E-state index in [4.69, 9.17) is 0 Å². The molecule has 22 heavy (non-hydrogen) atoms. The number of H-pyrrole nitrogens is 1. The molecule has 0 aliphatic heterocycles. The highest BCUT2D eigenvalue weighted by atomic mass is 16.1. The molecule has 0 saturated heterocycles. The van der Waals surface area contributed by atoms with Gasteiger partial charge in [-0.05, 0) is 43.9 Å². The van der Waals surface area contributed by atoms with E-state index in [-0.39, 0.29) is 11.7 Å². The van der Waals surface area contributed by atoms with Crippen molar-refractivity contribution >= 4 is 16.7 Å². The van der Waals surface area contributed by atoms with Crippen molar-refractivity contribution in [2.75, 3.05) is 0 Å². The van der Waals surface area contributed by atoms with Gasteiger partial charge in [0.05, 0.1) is 0 Å². The van der Waals surface area contributed by atoms with E-state index in [1.54, 1.807) is 6.92 Å². The maximum atomic E-state index is 12.1. The Morgan fingerprint density at radius 1 is 1.00 bits per heavy atom. The summed E-state index contributed by atoms with van der Waals surface area (Å²) in [6.45, 7) is 3.80. The number of ketones is 1. The minimum atomic E-state index is 0.0281. The third-order valence-electron chi connectivity index (χ3n) is 4.38. The molecule has 1 heterocycles. The van der Waals surface area contributed by atoms with Crippen molar-refractivity contribution < 1.29 is 4.79 Å². The van der Waals surface area contributed by atoms with Crippen molar-refractivity contribution in [2.45, 2.75) is 26.7 Å². The smallest absolute Gasteiger partial charge is 0.133 e. The minimum absolute atomic E-state index is 0.0281. The zero-order valence-corrected chi connectivity index (χ0v) is 13.1. The van der Waals surface area contributed by atoms with Gasteiger partial charge in [0.2, 0.25) is 0 Å². The van der Waals surface area contributed by atoms with Gasteiger partial charge in [0.25, 0.3) is 0 Å². The highest BCUT2D eigenvalue weighted by Crippen LogP contribution is 2.26. The number of carbonyl (C=O) groups excluding carboxylic acids is 1. The molecule has 2 heteroatoms. The highest BCUT2D eigenvalue weighted by molar-refractivity contribution is 5.86. The average molecular weight is 291 g/mol. The molecule has 3 aromatic rings. The number of aryl methyl sites for hydroxylation is 1. The third kappa shape index (κ3) is 2.96. The van der Waals surface area contributed by atoms with E-state index >= 15 is 0 Å². The number of benzene rings is 2. The number of carbonyl (C=O) groups is 1. The van der Waals surface area contributed by atoms with E-state index in [1.165, 1.54) is 22.2 Å². The first kappa shape index (κ1) is 14.6. The predicted octanol–water partition coefficient (Wildman–Crippen LogP) is 4.47. The second-order valence-electron chi connectivity index (χ2n) is 5.98. The van der Waals surface area contributed by atoms with E-state index in [9.17, 15) is 4.79 Å². The van der Waals surface area contributed by atoms with Crippen LogP contribution in [0.1, 0.15) is 23.7 Å². The number of para-hydroxylation sites is 1. The molecule has 2 nitrogen and oxygen atoms in total. The maximum Gasteiger partial charge on any atom is 0.133 e. The van der Waals surface area contributed by atoms with Gasteiger partial charge in [0.15, 0.2) is 0 Å². The van der Waals surface area contributed by atoms with Crippen LogP contribution in [0.3, 0.4) is 0 Å². The molecule has 0 unspecified atom stereocenters. The molecule has 0 radical (unpaired) electrons.